The van der Waals surface area contributed by atoms with E-state index in [1.807, 2.05) is 73.7 Å². The Balaban J connectivity index is 1.39. The second kappa shape index (κ2) is 11.0. The minimum Gasteiger partial charge on any atom is -0.490 e. The fourth-order valence-corrected chi connectivity index (χ4v) is 5.17. The van der Waals surface area contributed by atoms with Crippen LogP contribution in [0.25, 0.3) is 0 Å². The number of ketones is 1. The lowest BCUT2D eigenvalue weighted by Crippen LogP contribution is -2.36. The summed E-state index contributed by atoms with van der Waals surface area (Å²) in [5, 5.41) is 4.03. The van der Waals surface area contributed by atoms with Crippen LogP contribution in [0.3, 0.4) is 0 Å². The average Bonchev–Trinajstić information content (AvgIpc) is 2.91. The number of carbonyl (C=O) groups is 2. The molecule has 1 aliphatic carbocycles. The number of benzene rings is 2. The minimum absolute atomic E-state index is 0.00719. The van der Waals surface area contributed by atoms with Crippen LogP contribution in [0.2, 0.25) is 5.02 Å². The normalized spacial score (nSPS) is 19.2. The highest BCUT2D eigenvalue weighted by Gasteiger charge is 2.41. The number of halogens is 1. The van der Waals surface area contributed by atoms with Crippen LogP contribution in [0.1, 0.15) is 42.7 Å². The molecule has 0 bridgehead atoms. The summed E-state index contributed by atoms with van der Waals surface area (Å²) in [6.45, 7) is 2.16. The molecular weight excluding hydrogens is 488 g/mol. The number of nitrogens with zero attached hydrogens (tertiary/aromatic N) is 1. The van der Waals surface area contributed by atoms with Crippen LogP contribution in [0, 0.1) is 0 Å². The third-order valence-corrected chi connectivity index (χ3v) is 6.99. The second-order valence-electron chi connectivity index (χ2n) is 9.15. The molecule has 6 nitrogen and oxygen atoms in total. The fourth-order valence-electron chi connectivity index (χ4n) is 5.05. The van der Waals surface area contributed by atoms with E-state index in [9.17, 15) is 9.59 Å². The Morgan fingerprint density at radius 2 is 1.78 bits per heavy atom. The van der Waals surface area contributed by atoms with E-state index >= 15 is 0 Å². The molecule has 2 atom stereocenters. The Kier molecular flexibility index (Phi) is 7.37. The molecular formula is C30H27ClN2O4. The van der Waals surface area contributed by atoms with E-state index in [2.05, 4.69) is 10.3 Å². The molecule has 2 aliphatic rings. The lowest BCUT2D eigenvalue weighted by atomic mass is 9.72. The van der Waals surface area contributed by atoms with Crippen LogP contribution >= 0.6 is 11.6 Å². The van der Waals surface area contributed by atoms with Crippen LogP contribution in [-0.2, 0) is 14.3 Å². The van der Waals surface area contributed by atoms with E-state index < -0.39 is 11.9 Å². The van der Waals surface area contributed by atoms with Crippen molar-refractivity contribution in [2.45, 2.75) is 31.6 Å². The summed E-state index contributed by atoms with van der Waals surface area (Å²) in [5.74, 6) is -0.282. The summed E-state index contributed by atoms with van der Waals surface area (Å²) in [6, 6.07) is 20.7. The third kappa shape index (κ3) is 5.44. The number of ether oxygens (including phenoxy) is 2. The number of esters is 1. The Labute approximate surface area is 221 Å². The van der Waals surface area contributed by atoms with Gasteiger partial charge in [-0.05, 0) is 60.7 Å². The van der Waals surface area contributed by atoms with Crippen molar-refractivity contribution >= 4 is 23.4 Å². The van der Waals surface area contributed by atoms with Gasteiger partial charge in [-0.3, -0.25) is 9.78 Å². The molecule has 37 heavy (non-hydrogen) atoms. The highest BCUT2D eigenvalue weighted by Crippen LogP contribution is 2.45. The van der Waals surface area contributed by atoms with Crippen molar-refractivity contribution in [3.05, 3.63) is 118 Å². The van der Waals surface area contributed by atoms with Crippen LogP contribution < -0.4 is 10.1 Å². The summed E-state index contributed by atoms with van der Waals surface area (Å²) >= 11 is 6.07. The number of allylic oxidation sites excluding steroid dienone is 3. The molecule has 7 heteroatoms. The van der Waals surface area contributed by atoms with Crippen molar-refractivity contribution in [3.8, 4) is 5.75 Å². The largest absolute Gasteiger partial charge is 0.490 e. The topological polar surface area (TPSA) is 77.5 Å². The first-order valence-corrected chi connectivity index (χ1v) is 12.6. The van der Waals surface area contributed by atoms with Gasteiger partial charge in [0, 0.05) is 46.7 Å². The minimum atomic E-state index is -0.550. The highest BCUT2D eigenvalue weighted by molar-refractivity contribution is 6.30. The maximum absolute atomic E-state index is 13.6. The number of rotatable bonds is 7. The van der Waals surface area contributed by atoms with Gasteiger partial charge < -0.3 is 14.8 Å². The number of dihydropyridines is 1. The van der Waals surface area contributed by atoms with Gasteiger partial charge in [-0.25, -0.2) is 4.79 Å². The van der Waals surface area contributed by atoms with Gasteiger partial charge in [0.05, 0.1) is 5.57 Å². The van der Waals surface area contributed by atoms with E-state index in [-0.39, 0.29) is 24.9 Å². The predicted octanol–water partition coefficient (Wildman–Crippen LogP) is 5.72. The molecule has 0 saturated heterocycles. The van der Waals surface area contributed by atoms with E-state index in [1.165, 1.54) is 0 Å². The van der Waals surface area contributed by atoms with Gasteiger partial charge in [-0.2, -0.15) is 0 Å². The maximum Gasteiger partial charge on any atom is 0.336 e. The molecule has 0 saturated carbocycles. The number of hydrogen-bond donors (Lipinski definition) is 1. The van der Waals surface area contributed by atoms with E-state index in [0.29, 0.717) is 40.5 Å². The van der Waals surface area contributed by atoms with Crippen molar-refractivity contribution in [2.75, 3.05) is 13.2 Å². The van der Waals surface area contributed by atoms with Crippen molar-refractivity contribution in [1.29, 1.82) is 0 Å². The molecule has 0 unspecified atom stereocenters. The van der Waals surface area contributed by atoms with Gasteiger partial charge in [-0.15, -0.1) is 0 Å². The number of hydrogen-bond acceptors (Lipinski definition) is 6. The molecule has 0 radical (unpaired) electrons. The van der Waals surface area contributed by atoms with Crippen molar-refractivity contribution in [2.24, 2.45) is 0 Å². The molecule has 0 spiro atoms. The SMILES string of the molecule is CC1=C(C(=O)OCCOc2ccccc2)[C@@H](c2cccnc2)C2=C(C[C@@H](c3ccc(Cl)cc3)CC2=O)N1. The molecule has 2 heterocycles. The third-order valence-electron chi connectivity index (χ3n) is 6.74. The molecule has 1 aliphatic heterocycles. The highest BCUT2D eigenvalue weighted by atomic mass is 35.5. The molecule has 1 N–H and O–H groups in total. The summed E-state index contributed by atoms with van der Waals surface area (Å²) in [6.07, 6.45) is 4.39. The number of Topliss-reactive ketones (excluding diaryl/α,β-unsaturated/α-hetero) is 1. The van der Waals surface area contributed by atoms with Gasteiger partial charge in [0.2, 0.25) is 0 Å². The Morgan fingerprint density at radius 1 is 1.00 bits per heavy atom. The zero-order valence-electron chi connectivity index (χ0n) is 20.4. The zero-order valence-corrected chi connectivity index (χ0v) is 21.2. The first-order chi connectivity index (χ1) is 18.0. The Morgan fingerprint density at radius 3 is 2.51 bits per heavy atom. The number of para-hydroxylation sites is 1. The van der Waals surface area contributed by atoms with Crippen LogP contribution in [0.15, 0.2) is 102 Å². The number of nitrogens with one attached hydrogen (secondary N) is 1. The molecule has 5 rings (SSSR count). The molecule has 1 aromatic heterocycles. The lowest BCUT2D eigenvalue weighted by Gasteiger charge is -2.36. The molecule has 2 aromatic carbocycles. The van der Waals surface area contributed by atoms with Crippen LogP contribution in [0.5, 0.6) is 5.75 Å². The summed E-state index contributed by atoms with van der Waals surface area (Å²) in [7, 11) is 0. The maximum atomic E-state index is 13.6. The Hall–Kier alpha value is -3.90. The van der Waals surface area contributed by atoms with Gasteiger partial charge in [-0.1, -0.05) is 48.0 Å². The predicted molar refractivity (Wildman–Crippen MR) is 141 cm³/mol. The van der Waals surface area contributed by atoms with Crippen molar-refractivity contribution in [3.63, 3.8) is 0 Å². The quantitative estimate of drug-likeness (QED) is 0.321. The number of carbonyl (C=O) groups excluding carboxylic acids is 2. The molecule has 3 aromatic rings. The Bertz CT molecular complexity index is 1350. The standard InChI is InChI=1S/C30H27ClN2O4/c1-19-27(30(35)37-15-14-36-24-7-3-2-4-8-24)28(21-6-5-13-32-18-21)29-25(33-19)16-22(17-26(29)34)20-9-11-23(31)12-10-20/h2-13,18,22,28,33H,14-17H2,1H3/t22-,28-/m1/s1. The first kappa shape index (κ1) is 24.8. The van der Waals surface area contributed by atoms with Crippen LogP contribution in [-0.4, -0.2) is 30.0 Å². The van der Waals surface area contributed by atoms with Crippen molar-refractivity contribution in [1.82, 2.24) is 10.3 Å². The zero-order chi connectivity index (χ0) is 25.8. The van der Waals surface area contributed by atoms with Crippen molar-refractivity contribution < 1.29 is 19.1 Å². The van der Waals surface area contributed by atoms with E-state index in [1.54, 1.807) is 12.4 Å². The van der Waals surface area contributed by atoms with Gasteiger partial charge >= 0.3 is 5.97 Å². The van der Waals surface area contributed by atoms with Gasteiger partial charge in [0.25, 0.3) is 0 Å². The molecule has 0 amide bonds. The first-order valence-electron chi connectivity index (χ1n) is 12.3. The van der Waals surface area contributed by atoms with E-state index in [0.717, 1.165) is 16.8 Å². The number of pyridine rings is 1. The lowest BCUT2D eigenvalue weighted by molar-refractivity contribution is -0.140. The smallest absolute Gasteiger partial charge is 0.336 e. The fraction of sp³-hybridized carbons (Fsp3) is 0.233. The summed E-state index contributed by atoms with van der Waals surface area (Å²) < 4.78 is 11.3. The average molecular weight is 515 g/mol. The number of aromatic nitrogens is 1. The van der Waals surface area contributed by atoms with E-state index in [4.69, 9.17) is 21.1 Å². The van der Waals surface area contributed by atoms with Gasteiger partial charge in [0.1, 0.15) is 19.0 Å². The summed E-state index contributed by atoms with van der Waals surface area (Å²) in [5.41, 5.74) is 4.38. The second-order valence-corrected chi connectivity index (χ2v) is 9.59. The van der Waals surface area contributed by atoms with Crippen LogP contribution in [0.4, 0.5) is 0 Å². The molecule has 188 valence electrons. The monoisotopic (exact) mass is 514 g/mol. The molecule has 0 fully saturated rings. The van der Waals surface area contributed by atoms with Gasteiger partial charge in [0.15, 0.2) is 5.78 Å². The summed E-state index contributed by atoms with van der Waals surface area (Å²) in [4.78, 5) is 31.2.